The Morgan fingerprint density at radius 3 is 2.28 bits per heavy atom. The van der Waals surface area contributed by atoms with Gasteiger partial charge in [0.2, 0.25) is 5.91 Å². The van der Waals surface area contributed by atoms with E-state index in [0.717, 1.165) is 9.13 Å². The minimum atomic E-state index is -0.533. The van der Waals surface area contributed by atoms with Crippen LogP contribution in [0.25, 0.3) is 0 Å². The molecule has 2 N–H and O–H groups in total. The van der Waals surface area contributed by atoms with Gasteiger partial charge in [-0.1, -0.05) is 26.8 Å². The molecule has 2 amide bonds. The fourth-order valence-corrected chi connectivity index (χ4v) is 1.62. The van der Waals surface area contributed by atoms with Crippen molar-refractivity contribution in [3.05, 3.63) is 32.9 Å². The van der Waals surface area contributed by atoms with E-state index in [2.05, 4.69) is 33.4 Å². The molecular weight excluding hydrogens is 343 g/mol. The van der Waals surface area contributed by atoms with Crippen LogP contribution in [0.1, 0.15) is 36.7 Å². The Morgan fingerprint density at radius 1 is 1.17 bits per heavy atom. The highest BCUT2D eigenvalue weighted by atomic mass is 127. The molecule has 1 aromatic carbocycles. The molecule has 0 unspecified atom stereocenters. The number of amides is 2. The van der Waals surface area contributed by atoms with Gasteiger partial charge in [0.25, 0.3) is 5.91 Å². The second-order valence-corrected chi connectivity index (χ2v) is 6.28. The monoisotopic (exact) mass is 360 g/mol. The van der Waals surface area contributed by atoms with Crippen molar-refractivity contribution in [2.75, 3.05) is 0 Å². The van der Waals surface area contributed by atoms with E-state index in [1.54, 1.807) is 32.9 Å². The predicted octanol–water partition coefficient (Wildman–Crippen LogP) is 2.41. The lowest BCUT2D eigenvalue weighted by molar-refractivity contribution is -0.129. The smallest absolute Gasteiger partial charge is 0.269 e. The Morgan fingerprint density at radius 2 is 1.78 bits per heavy atom. The van der Waals surface area contributed by atoms with E-state index in [-0.39, 0.29) is 11.8 Å². The molecule has 0 radical (unpaired) electrons. The van der Waals surface area contributed by atoms with Crippen LogP contribution in [0.2, 0.25) is 0 Å². The average Bonchev–Trinajstić information content (AvgIpc) is 2.27. The number of hydrogen-bond donors (Lipinski definition) is 2. The molecule has 0 aliphatic rings. The fraction of sp³-hybridized carbons (Fsp3) is 0.385. The molecule has 0 spiro atoms. The standard InChI is InChI=1S/C13H17IN2O2/c1-8-5-6-9(7-10(8)14)11(17)15-16-12(18)13(2,3)4/h5-7H,1-4H3,(H,15,17)(H,16,18). The van der Waals surface area contributed by atoms with Gasteiger partial charge in [-0.3, -0.25) is 20.4 Å². The summed E-state index contributed by atoms with van der Waals surface area (Å²) in [7, 11) is 0. The first-order chi connectivity index (χ1) is 8.21. The van der Waals surface area contributed by atoms with E-state index < -0.39 is 5.41 Å². The van der Waals surface area contributed by atoms with Crippen LogP contribution < -0.4 is 10.9 Å². The third-order valence-corrected chi connectivity index (χ3v) is 3.57. The van der Waals surface area contributed by atoms with Crippen molar-refractivity contribution < 1.29 is 9.59 Å². The number of nitrogens with one attached hydrogen (secondary N) is 2. The highest BCUT2D eigenvalue weighted by Gasteiger charge is 2.21. The van der Waals surface area contributed by atoms with E-state index in [1.807, 2.05) is 13.0 Å². The summed E-state index contributed by atoms with van der Waals surface area (Å²) in [5.41, 5.74) is 5.93. The van der Waals surface area contributed by atoms with Gasteiger partial charge in [0.1, 0.15) is 0 Å². The number of halogens is 1. The quantitative estimate of drug-likeness (QED) is 0.597. The van der Waals surface area contributed by atoms with Gasteiger partial charge in [-0.05, 0) is 47.2 Å². The summed E-state index contributed by atoms with van der Waals surface area (Å²) in [5, 5.41) is 0. The normalized spacial score (nSPS) is 10.9. The van der Waals surface area contributed by atoms with Crippen molar-refractivity contribution in [3.63, 3.8) is 0 Å². The van der Waals surface area contributed by atoms with Crippen LogP contribution in [0.15, 0.2) is 18.2 Å². The third kappa shape index (κ3) is 3.97. The lowest BCUT2D eigenvalue weighted by Gasteiger charge is -2.18. The topological polar surface area (TPSA) is 58.2 Å². The van der Waals surface area contributed by atoms with Gasteiger partial charge in [-0.2, -0.15) is 0 Å². The molecule has 0 fully saturated rings. The summed E-state index contributed by atoms with van der Waals surface area (Å²) < 4.78 is 1.02. The maximum absolute atomic E-state index is 11.8. The Balaban J connectivity index is 2.66. The van der Waals surface area contributed by atoms with Crippen molar-refractivity contribution in [2.24, 2.45) is 5.41 Å². The highest BCUT2D eigenvalue weighted by molar-refractivity contribution is 14.1. The summed E-state index contributed by atoms with van der Waals surface area (Å²) in [6, 6.07) is 5.40. The van der Waals surface area contributed by atoms with E-state index in [1.165, 1.54) is 0 Å². The predicted molar refractivity (Wildman–Crippen MR) is 79.0 cm³/mol. The molecule has 0 aliphatic heterocycles. The molecule has 98 valence electrons. The lowest BCUT2D eigenvalue weighted by atomic mass is 9.96. The second-order valence-electron chi connectivity index (χ2n) is 5.12. The molecule has 4 nitrogen and oxygen atoms in total. The maximum Gasteiger partial charge on any atom is 0.269 e. The van der Waals surface area contributed by atoms with Crippen LogP contribution in [-0.4, -0.2) is 11.8 Å². The minimum Gasteiger partial charge on any atom is -0.273 e. The maximum atomic E-state index is 11.8. The number of carbonyl (C=O) groups excluding carboxylic acids is 2. The highest BCUT2D eigenvalue weighted by Crippen LogP contribution is 2.14. The molecule has 1 aromatic rings. The molecule has 5 heteroatoms. The van der Waals surface area contributed by atoms with Crippen LogP contribution >= 0.6 is 22.6 Å². The first kappa shape index (κ1) is 14.9. The number of benzene rings is 1. The van der Waals surface area contributed by atoms with Gasteiger partial charge in [-0.25, -0.2) is 0 Å². The van der Waals surface area contributed by atoms with Gasteiger partial charge in [0.15, 0.2) is 0 Å². The molecule has 0 heterocycles. The first-order valence-corrected chi connectivity index (χ1v) is 6.66. The van der Waals surface area contributed by atoms with Crippen molar-refractivity contribution in [1.82, 2.24) is 10.9 Å². The zero-order valence-electron chi connectivity index (χ0n) is 10.9. The molecule has 0 saturated carbocycles. The van der Waals surface area contributed by atoms with Gasteiger partial charge in [0.05, 0.1) is 0 Å². The Kier molecular flexibility index (Phi) is 4.72. The summed E-state index contributed by atoms with van der Waals surface area (Å²) >= 11 is 2.17. The van der Waals surface area contributed by atoms with Crippen LogP contribution in [0.4, 0.5) is 0 Å². The van der Waals surface area contributed by atoms with Crippen LogP contribution in [0, 0.1) is 15.9 Å². The van der Waals surface area contributed by atoms with E-state index in [4.69, 9.17) is 0 Å². The van der Waals surface area contributed by atoms with Crippen molar-refractivity contribution in [1.29, 1.82) is 0 Å². The van der Waals surface area contributed by atoms with Gasteiger partial charge < -0.3 is 0 Å². The molecule has 0 aromatic heterocycles. The van der Waals surface area contributed by atoms with Crippen molar-refractivity contribution in [3.8, 4) is 0 Å². The zero-order chi connectivity index (χ0) is 13.9. The number of hydrazine groups is 1. The molecule has 0 aliphatic carbocycles. The van der Waals surface area contributed by atoms with Gasteiger partial charge in [-0.15, -0.1) is 0 Å². The van der Waals surface area contributed by atoms with Crippen molar-refractivity contribution >= 4 is 34.4 Å². The SMILES string of the molecule is Cc1ccc(C(=O)NNC(=O)C(C)(C)C)cc1I. The van der Waals surface area contributed by atoms with E-state index in [0.29, 0.717) is 5.56 Å². The second kappa shape index (κ2) is 5.69. The number of aryl methyl sites for hydroxylation is 1. The third-order valence-electron chi connectivity index (χ3n) is 2.40. The fourth-order valence-electron chi connectivity index (χ4n) is 1.11. The van der Waals surface area contributed by atoms with Crippen molar-refractivity contribution in [2.45, 2.75) is 27.7 Å². The Bertz CT molecular complexity index is 478. The molecule has 18 heavy (non-hydrogen) atoms. The molecule has 1 rings (SSSR count). The van der Waals surface area contributed by atoms with Gasteiger partial charge in [0, 0.05) is 14.5 Å². The molecule has 0 saturated heterocycles. The number of hydrogen-bond acceptors (Lipinski definition) is 2. The summed E-state index contributed by atoms with van der Waals surface area (Å²) in [6.45, 7) is 7.32. The first-order valence-electron chi connectivity index (χ1n) is 5.59. The van der Waals surface area contributed by atoms with Gasteiger partial charge >= 0.3 is 0 Å². The Hall–Kier alpha value is -1.11. The van der Waals surface area contributed by atoms with Crippen LogP contribution in [0.3, 0.4) is 0 Å². The minimum absolute atomic E-state index is 0.224. The molecule has 0 bridgehead atoms. The number of carbonyl (C=O) groups is 2. The molecule has 0 atom stereocenters. The number of rotatable bonds is 1. The summed E-state index contributed by atoms with van der Waals surface area (Å²) in [6.07, 6.45) is 0. The largest absolute Gasteiger partial charge is 0.273 e. The van der Waals surface area contributed by atoms with E-state index in [9.17, 15) is 9.59 Å². The van der Waals surface area contributed by atoms with E-state index >= 15 is 0 Å². The van der Waals surface area contributed by atoms with Crippen LogP contribution in [-0.2, 0) is 4.79 Å². The lowest BCUT2D eigenvalue weighted by Crippen LogP contribution is -2.46. The molecular formula is C13H17IN2O2. The summed E-state index contributed by atoms with van der Waals surface area (Å²) in [4.78, 5) is 23.4. The van der Waals surface area contributed by atoms with Crippen LogP contribution in [0.5, 0.6) is 0 Å². The summed E-state index contributed by atoms with van der Waals surface area (Å²) in [5.74, 6) is -0.539. The Labute approximate surface area is 121 Å². The zero-order valence-corrected chi connectivity index (χ0v) is 13.1. The average molecular weight is 360 g/mol.